The van der Waals surface area contributed by atoms with Crippen molar-refractivity contribution >= 4 is 11.8 Å². The highest BCUT2D eigenvalue weighted by Gasteiger charge is 2.10. The van der Waals surface area contributed by atoms with Crippen LogP contribution in [0.25, 0.3) is 0 Å². The van der Waals surface area contributed by atoms with E-state index in [1.54, 1.807) is 30.7 Å². The van der Waals surface area contributed by atoms with Gasteiger partial charge in [-0.25, -0.2) is 4.79 Å². The highest BCUT2D eigenvalue weighted by Crippen LogP contribution is 2.09. The van der Waals surface area contributed by atoms with E-state index in [2.05, 4.69) is 0 Å². The summed E-state index contributed by atoms with van der Waals surface area (Å²) in [6.45, 7) is 2.15. The van der Waals surface area contributed by atoms with Crippen LogP contribution in [0, 0.1) is 0 Å². The van der Waals surface area contributed by atoms with E-state index >= 15 is 0 Å². The molecule has 1 aromatic heterocycles. The van der Waals surface area contributed by atoms with Crippen LogP contribution in [0.2, 0.25) is 0 Å². The maximum atomic E-state index is 11.2. The molecular formula is C8H12N2O2. The summed E-state index contributed by atoms with van der Waals surface area (Å²) in [5.74, 6) is 0.217. The van der Waals surface area contributed by atoms with Gasteiger partial charge in [-0.05, 0) is 19.1 Å². The van der Waals surface area contributed by atoms with Crippen molar-refractivity contribution in [3.8, 4) is 0 Å². The van der Waals surface area contributed by atoms with Crippen molar-refractivity contribution in [1.29, 1.82) is 0 Å². The van der Waals surface area contributed by atoms with Gasteiger partial charge in [0.05, 0.1) is 6.61 Å². The van der Waals surface area contributed by atoms with Gasteiger partial charge in [0.25, 0.3) is 0 Å². The van der Waals surface area contributed by atoms with Crippen LogP contribution in [0.1, 0.15) is 17.4 Å². The number of nitrogen functional groups attached to an aromatic ring is 1. The van der Waals surface area contributed by atoms with Gasteiger partial charge in [0.2, 0.25) is 0 Å². The molecule has 0 atom stereocenters. The Morgan fingerprint density at radius 2 is 2.33 bits per heavy atom. The van der Waals surface area contributed by atoms with Crippen LogP contribution in [0.3, 0.4) is 0 Å². The zero-order valence-corrected chi connectivity index (χ0v) is 7.20. The lowest BCUT2D eigenvalue weighted by Crippen LogP contribution is -2.10. The van der Waals surface area contributed by atoms with Crippen molar-refractivity contribution in [1.82, 2.24) is 4.57 Å². The molecule has 0 amide bonds. The standard InChI is InChI=1S/C8H12N2O2/c1-3-12-8(11)6-4-5-7(9)10(6)2/h4-5H,3,9H2,1-2H3. The Hall–Kier alpha value is -1.45. The lowest BCUT2D eigenvalue weighted by Gasteiger charge is -2.03. The molecule has 0 bridgehead atoms. The first-order valence-electron chi connectivity index (χ1n) is 3.75. The molecule has 12 heavy (non-hydrogen) atoms. The molecule has 1 heterocycles. The number of carbonyl (C=O) groups is 1. The number of aromatic nitrogens is 1. The number of nitrogens with two attached hydrogens (primary N) is 1. The Labute approximate surface area is 70.9 Å². The van der Waals surface area contributed by atoms with E-state index in [1.807, 2.05) is 0 Å². The lowest BCUT2D eigenvalue weighted by atomic mass is 10.4. The minimum absolute atomic E-state index is 0.336. The van der Waals surface area contributed by atoms with Gasteiger partial charge >= 0.3 is 5.97 Å². The van der Waals surface area contributed by atoms with Crippen LogP contribution in [-0.4, -0.2) is 17.1 Å². The first-order chi connectivity index (χ1) is 5.66. The summed E-state index contributed by atoms with van der Waals surface area (Å²) >= 11 is 0. The third-order valence-corrected chi connectivity index (χ3v) is 1.65. The quantitative estimate of drug-likeness (QED) is 0.664. The Bertz CT molecular complexity index is 291. The van der Waals surface area contributed by atoms with E-state index in [1.165, 1.54) is 0 Å². The number of anilines is 1. The zero-order valence-electron chi connectivity index (χ0n) is 7.20. The molecule has 1 rings (SSSR count). The van der Waals surface area contributed by atoms with E-state index in [9.17, 15) is 4.79 Å². The molecule has 0 aromatic carbocycles. The lowest BCUT2D eigenvalue weighted by molar-refractivity contribution is 0.0515. The van der Waals surface area contributed by atoms with E-state index < -0.39 is 0 Å². The van der Waals surface area contributed by atoms with Crippen LogP contribution < -0.4 is 5.73 Å². The Morgan fingerprint density at radius 3 is 2.75 bits per heavy atom. The molecule has 0 spiro atoms. The van der Waals surface area contributed by atoms with E-state index in [0.717, 1.165) is 0 Å². The first-order valence-corrected chi connectivity index (χ1v) is 3.75. The highest BCUT2D eigenvalue weighted by atomic mass is 16.5. The molecule has 0 radical (unpaired) electrons. The summed E-state index contributed by atoms with van der Waals surface area (Å²) < 4.78 is 6.40. The number of hydrogen-bond acceptors (Lipinski definition) is 3. The molecule has 4 heteroatoms. The van der Waals surface area contributed by atoms with Gasteiger partial charge in [0, 0.05) is 7.05 Å². The summed E-state index contributed by atoms with van der Waals surface area (Å²) in [6, 6.07) is 3.32. The van der Waals surface area contributed by atoms with Crippen LogP contribution in [-0.2, 0) is 11.8 Å². The fourth-order valence-corrected chi connectivity index (χ4v) is 0.937. The van der Waals surface area contributed by atoms with Crippen LogP contribution >= 0.6 is 0 Å². The molecule has 4 nitrogen and oxygen atoms in total. The maximum Gasteiger partial charge on any atom is 0.354 e. The number of nitrogens with zero attached hydrogens (tertiary/aromatic N) is 1. The SMILES string of the molecule is CCOC(=O)c1ccc(N)n1C. The van der Waals surface area contributed by atoms with Crippen molar-refractivity contribution < 1.29 is 9.53 Å². The number of esters is 1. The van der Waals surface area contributed by atoms with Gasteiger partial charge in [0.1, 0.15) is 11.5 Å². The third-order valence-electron chi connectivity index (χ3n) is 1.65. The normalized spacial score (nSPS) is 9.83. The minimum Gasteiger partial charge on any atom is -0.461 e. The molecule has 0 saturated heterocycles. The van der Waals surface area contributed by atoms with Gasteiger partial charge in [-0.3, -0.25) is 0 Å². The topological polar surface area (TPSA) is 57.2 Å². The van der Waals surface area contributed by atoms with E-state index in [0.29, 0.717) is 18.1 Å². The van der Waals surface area contributed by atoms with Crippen LogP contribution in [0.5, 0.6) is 0 Å². The summed E-state index contributed by atoms with van der Waals surface area (Å²) in [6.07, 6.45) is 0. The van der Waals surface area contributed by atoms with Crippen molar-refractivity contribution in [2.24, 2.45) is 7.05 Å². The summed E-state index contributed by atoms with van der Waals surface area (Å²) in [5.41, 5.74) is 6.01. The average Bonchev–Trinajstić information content (AvgIpc) is 2.34. The minimum atomic E-state index is -0.336. The highest BCUT2D eigenvalue weighted by molar-refractivity contribution is 5.88. The maximum absolute atomic E-state index is 11.2. The molecule has 0 unspecified atom stereocenters. The molecule has 66 valence electrons. The third kappa shape index (κ3) is 1.42. The molecular weight excluding hydrogens is 156 g/mol. The van der Waals surface area contributed by atoms with Crippen molar-refractivity contribution in [2.45, 2.75) is 6.92 Å². The largest absolute Gasteiger partial charge is 0.461 e. The van der Waals surface area contributed by atoms with Gasteiger partial charge in [-0.2, -0.15) is 0 Å². The van der Waals surface area contributed by atoms with Gasteiger partial charge in [-0.1, -0.05) is 0 Å². The molecule has 0 aliphatic heterocycles. The summed E-state index contributed by atoms with van der Waals surface area (Å²) in [7, 11) is 1.72. The summed E-state index contributed by atoms with van der Waals surface area (Å²) in [5, 5.41) is 0. The number of carbonyl (C=O) groups excluding carboxylic acids is 1. The monoisotopic (exact) mass is 168 g/mol. The fourth-order valence-electron chi connectivity index (χ4n) is 0.937. The number of rotatable bonds is 2. The van der Waals surface area contributed by atoms with Crippen LogP contribution in [0.4, 0.5) is 5.82 Å². The molecule has 0 saturated carbocycles. The Morgan fingerprint density at radius 1 is 1.67 bits per heavy atom. The first kappa shape index (κ1) is 8.64. The predicted molar refractivity (Wildman–Crippen MR) is 45.8 cm³/mol. The fraction of sp³-hybridized carbons (Fsp3) is 0.375. The number of ether oxygens (including phenoxy) is 1. The molecule has 2 N–H and O–H groups in total. The van der Waals surface area contributed by atoms with E-state index in [4.69, 9.17) is 10.5 Å². The molecule has 0 fully saturated rings. The molecule has 0 aliphatic carbocycles. The van der Waals surface area contributed by atoms with E-state index in [-0.39, 0.29) is 5.97 Å². The van der Waals surface area contributed by atoms with Gasteiger partial charge in [-0.15, -0.1) is 0 Å². The van der Waals surface area contributed by atoms with Gasteiger partial charge in [0.15, 0.2) is 0 Å². The second-order valence-corrected chi connectivity index (χ2v) is 2.42. The smallest absolute Gasteiger partial charge is 0.354 e. The zero-order chi connectivity index (χ0) is 9.14. The molecule has 0 aliphatic rings. The van der Waals surface area contributed by atoms with Crippen LogP contribution in [0.15, 0.2) is 12.1 Å². The Balaban J connectivity index is 2.88. The second kappa shape index (κ2) is 3.30. The summed E-state index contributed by atoms with van der Waals surface area (Å²) in [4.78, 5) is 11.2. The Kier molecular flexibility index (Phi) is 2.38. The van der Waals surface area contributed by atoms with Crippen molar-refractivity contribution in [3.05, 3.63) is 17.8 Å². The van der Waals surface area contributed by atoms with Gasteiger partial charge < -0.3 is 15.0 Å². The molecule has 1 aromatic rings. The number of hydrogen-bond donors (Lipinski definition) is 1. The average molecular weight is 168 g/mol. The van der Waals surface area contributed by atoms with Crippen molar-refractivity contribution in [3.63, 3.8) is 0 Å². The predicted octanol–water partition coefficient (Wildman–Crippen LogP) is 0.784. The second-order valence-electron chi connectivity index (χ2n) is 2.42. The van der Waals surface area contributed by atoms with Crippen molar-refractivity contribution in [2.75, 3.05) is 12.3 Å².